The van der Waals surface area contributed by atoms with Crippen LogP contribution in [0.3, 0.4) is 0 Å². The summed E-state index contributed by atoms with van der Waals surface area (Å²) in [6.45, 7) is 16.6. The van der Waals surface area contributed by atoms with Gasteiger partial charge in [-0.3, -0.25) is 10.9 Å². The topological polar surface area (TPSA) is 30.5 Å². The van der Waals surface area contributed by atoms with Gasteiger partial charge in [-0.15, -0.1) is 0 Å². The third kappa shape index (κ3) is 42.6. The zero-order valence-electron chi connectivity index (χ0n) is 37.0. The molecule has 0 bridgehead atoms. The molecule has 0 aliphatic heterocycles. The van der Waals surface area contributed by atoms with Crippen molar-refractivity contribution in [3.63, 3.8) is 0 Å². The van der Waals surface area contributed by atoms with E-state index in [1.165, 1.54) is 283 Å². The van der Waals surface area contributed by atoms with E-state index in [4.69, 9.17) is 0 Å². The number of hydrazine groups is 2. The van der Waals surface area contributed by atoms with E-state index >= 15 is 0 Å². The number of hydrogen-bond donors (Lipinski definition) is 2. The van der Waals surface area contributed by atoms with Crippen LogP contribution in [0.1, 0.15) is 272 Å². The molecule has 0 unspecified atom stereocenters. The molecule has 0 spiro atoms. The number of rotatable bonds is 47. The van der Waals surface area contributed by atoms with E-state index < -0.39 is 0 Å². The van der Waals surface area contributed by atoms with Gasteiger partial charge in [0, 0.05) is 39.3 Å². The fraction of sp³-hybridized carbons (Fsp3) is 1.00. The smallest absolute Gasteiger partial charge is 0.0130 e. The van der Waals surface area contributed by atoms with Crippen LogP contribution in [0.25, 0.3) is 0 Å². The van der Waals surface area contributed by atoms with Crippen molar-refractivity contribution in [2.45, 2.75) is 272 Å². The second-order valence-corrected chi connectivity index (χ2v) is 16.8. The summed E-state index contributed by atoms with van der Waals surface area (Å²) >= 11 is 0. The van der Waals surface area contributed by atoms with E-state index in [9.17, 15) is 0 Å². The Morgan fingerprint density at radius 1 is 0.212 bits per heavy atom. The molecule has 0 aromatic carbocycles. The molecule has 0 heterocycles. The molecule has 2 N–H and O–H groups in total. The molecule has 314 valence electrons. The van der Waals surface area contributed by atoms with E-state index in [-0.39, 0.29) is 0 Å². The van der Waals surface area contributed by atoms with Crippen LogP contribution in [-0.2, 0) is 0 Å². The first-order chi connectivity index (χ1) is 25.8. The van der Waals surface area contributed by atoms with Crippen molar-refractivity contribution >= 4 is 0 Å². The van der Waals surface area contributed by atoms with Crippen molar-refractivity contribution in [3.05, 3.63) is 0 Å². The lowest BCUT2D eigenvalue weighted by Gasteiger charge is -2.24. The Kier molecular flexibility index (Phi) is 46.8. The SMILES string of the molecule is CCCCCCCCCCN(CCCCCCCCCC)NCCCCCCCCNN(CCCCCCCCCC)CCCCCCCCCC. The van der Waals surface area contributed by atoms with Crippen molar-refractivity contribution in [2.24, 2.45) is 0 Å². The predicted molar refractivity (Wildman–Crippen MR) is 237 cm³/mol. The summed E-state index contributed by atoms with van der Waals surface area (Å²) in [4.78, 5) is 0. The average Bonchev–Trinajstić information content (AvgIpc) is 3.15. The first-order valence-electron chi connectivity index (χ1n) is 24.7. The third-order valence-corrected chi connectivity index (χ3v) is 11.4. The zero-order chi connectivity index (χ0) is 37.7. The molecule has 0 radical (unpaired) electrons. The second kappa shape index (κ2) is 47.0. The van der Waals surface area contributed by atoms with Crippen LogP contribution in [0.15, 0.2) is 0 Å². The van der Waals surface area contributed by atoms with Gasteiger partial charge in [0.1, 0.15) is 0 Å². The Morgan fingerprint density at radius 3 is 0.596 bits per heavy atom. The third-order valence-electron chi connectivity index (χ3n) is 11.4. The maximum atomic E-state index is 3.87. The molecule has 4 heteroatoms. The summed E-state index contributed by atoms with van der Waals surface area (Å²) in [6.07, 6.45) is 53.5. The molecule has 0 saturated carbocycles. The molecule has 0 rings (SSSR count). The molecule has 0 atom stereocenters. The van der Waals surface area contributed by atoms with E-state index in [1.54, 1.807) is 0 Å². The minimum Gasteiger partial charge on any atom is -0.255 e. The van der Waals surface area contributed by atoms with Crippen LogP contribution in [-0.4, -0.2) is 49.3 Å². The van der Waals surface area contributed by atoms with Crippen LogP contribution in [0.4, 0.5) is 0 Å². The van der Waals surface area contributed by atoms with Gasteiger partial charge in [0.2, 0.25) is 0 Å². The molecule has 0 saturated heterocycles. The maximum Gasteiger partial charge on any atom is 0.0130 e. The normalized spacial score (nSPS) is 11.9. The van der Waals surface area contributed by atoms with E-state index in [0.717, 1.165) is 0 Å². The van der Waals surface area contributed by atoms with Crippen LogP contribution >= 0.6 is 0 Å². The summed E-state index contributed by atoms with van der Waals surface area (Å²) in [6, 6.07) is 0. The number of nitrogens with one attached hydrogen (secondary N) is 2. The molecular weight excluding hydrogens is 633 g/mol. The van der Waals surface area contributed by atoms with Crippen LogP contribution in [0.2, 0.25) is 0 Å². The molecule has 0 aliphatic rings. The summed E-state index contributed by atoms with van der Waals surface area (Å²) in [5.74, 6) is 0. The van der Waals surface area contributed by atoms with Crippen molar-refractivity contribution in [3.8, 4) is 0 Å². The quantitative estimate of drug-likeness (QED) is 0.0481. The molecule has 0 aliphatic carbocycles. The fourth-order valence-electron chi connectivity index (χ4n) is 7.72. The lowest BCUT2D eigenvalue weighted by atomic mass is 10.1. The van der Waals surface area contributed by atoms with Gasteiger partial charge in [0.05, 0.1) is 0 Å². The Balaban J connectivity index is 4.18. The standard InChI is InChI=1S/C48H102N4/c1-5-9-13-17-21-27-33-39-45-51(46-40-34-28-22-18-14-10-6-2)49-43-37-31-25-26-32-38-44-50-52(47-41-35-29-23-19-15-11-7-3)48-42-36-30-24-20-16-12-8-4/h49-50H,5-48H2,1-4H3. The second-order valence-electron chi connectivity index (χ2n) is 16.8. The van der Waals surface area contributed by atoms with Gasteiger partial charge < -0.3 is 0 Å². The van der Waals surface area contributed by atoms with Gasteiger partial charge in [0.15, 0.2) is 0 Å². The van der Waals surface area contributed by atoms with Gasteiger partial charge >= 0.3 is 0 Å². The monoisotopic (exact) mass is 735 g/mol. The van der Waals surface area contributed by atoms with E-state index in [2.05, 4.69) is 48.6 Å². The zero-order valence-corrected chi connectivity index (χ0v) is 37.0. The highest BCUT2D eigenvalue weighted by atomic mass is 15.5. The van der Waals surface area contributed by atoms with Gasteiger partial charge in [-0.1, -0.05) is 233 Å². The van der Waals surface area contributed by atoms with Gasteiger partial charge in [-0.05, 0) is 38.5 Å². The highest BCUT2D eigenvalue weighted by Crippen LogP contribution is 2.13. The van der Waals surface area contributed by atoms with Crippen LogP contribution < -0.4 is 10.9 Å². The highest BCUT2D eigenvalue weighted by Gasteiger charge is 2.06. The predicted octanol–water partition coefficient (Wildman–Crippen LogP) is 15.5. The Bertz CT molecular complexity index is 521. The Hall–Kier alpha value is -0.160. The average molecular weight is 735 g/mol. The van der Waals surface area contributed by atoms with Crippen molar-refractivity contribution in [1.82, 2.24) is 20.9 Å². The van der Waals surface area contributed by atoms with Gasteiger partial charge in [-0.25, -0.2) is 10.0 Å². The summed E-state index contributed by atoms with van der Waals surface area (Å²) in [5.41, 5.74) is 7.74. The van der Waals surface area contributed by atoms with Crippen LogP contribution in [0.5, 0.6) is 0 Å². The molecule has 4 nitrogen and oxygen atoms in total. The molecule has 0 aromatic heterocycles. The van der Waals surface area contributed by atoms with Gasteiger partial charge in [-0.2, -0.15) is 0 Å². The van der Waals surface area contributed by atoms with E-state index in [0.29, 0.717) is 0 Å². The lowest BCUT2D eigenvalue weighted by molar-refractivity contribution is 0.176. The van der Waals surface area contributed by atoms with Crippen molar-refractivity contribution in [2.75, 3.05) is 39.3 Å². The summed E-state index contributed by atoms with van der Waals surface area (Å²) in [7, 11) is 0. The lowest BCUT2D eigenvalue weighted by Crippen LogP contribution is -2.40. The van der Waals surface area contributed by atoms with Crippen molar-refractivity contribution in [1.29, 1.82) is 0 Å². The first-order valence-corrected chi connectivity index (χ1v) is 24.7. The Morgan fingerprint density at radius 2 is 0.385 bits per heavy atom. The number of nitrogens with zero attached hydrogens (tertiary/aromatic N) is 2. The summed E-state index contributed by atoms with van der Waals surface area (Å²) < 4.78 is 0. The maximum absolute atomic E-state index is 3.87. The molecule has 0 amide bonds. The largest absolute Gasteiger partial charge is 0.255 e. The molecule has 52 heavy (non-hydrogen) atoms. The van der Waals surface area contributed by atoms with Crippen LogP contribution in [0, 0.1) is 0 Å². The van der Waals surface area contributed by atoms with E-state index in [1.807, 2.05) is 0 Å². The molecule has 0 fully saturated rings. The number of hydrogen-bond acceptors (Lipinski definition) is 4. The number of unbranched alkanes of at least 4 members (excludes halogenated alkanes) is 33. The minimum absolute atomic E-state index is 1.17. The Labute approximate surface area is 330 Å². The fourth-order valence-corrected chi connectivity index (χ4v) is 7.72. The van der Waals surface area contributed by atoms with Crippen molar-refractivity contribution < 1.29 is 0 Å². The summed E-state index contributed by atoms with van der Waals surface area (Å²) in [5, 5.41) is 5.21. The molecular formula is C48H102N4. The molecule has 0 aromatic rings. The minimum atomic E-state index is 1.17. The first kappa shape index (κ1) is 51.8. The van der Waals surface area contributed by atoms with Gasteiger partial charge in [0.25, 0.3) is 0 Å². The highest BCUT2D eigenvalue weighted by molar-refractivity contribution is 4.59.